The van der Waals surface area contributed by atoms with E-state index < -0.39 is 12.7 Å². The Hall–Kier alpha value is 0.150. The van der Waals surface area contributed by atoms with Crippen molar-refractivity contribution < 1.29 is 14.6 Å². The molecule has 62 valence electrons. The van der Waals surface area contributed by atoms with Crippen LogP contribution in [0, 0.1) is 0 Å². The second-order valence-electron chi connectivity index (χ2n) is 3.21. The molecular formula is C6H15O3P. The molecule has 0 rings (SSSR count). The summed E-state index contributed by atoms with van der Waals surface area (Å²) < 4.78 is 11.2. The maximum absolute atomic E-state index is 11.2. The van der Waals surface area contributed by atoms with Crippen molar-refractivity contribution in [2.24, 2.45) is 0 Å². The molecule has 0 spiro atoms. The van der Waals surface area contributed by atoms with Gasteiger partial charge in [-0.3, -0.25) is 4.57 Å². The topological polar surface area (TPSA) is 57.5 Å². The third-order valence-electron chi connectivity index (χ3n) is 1.48. The minimum Gasteiger partial charge on any atom is -0.380 e. The van der Waals surface area contributed by atoms with E-state index in [0.717, 1.165) is 0 Å². The van der Waals surface area contributed by atoms with Gasteiger partial charge in [-0.25, -0.2) is 0 Å². The van der Waals surface area contributed by atoms with Crippen LogP contribution in [-0.4, -0.2) is 21.0 Å². The smallest absolute Gasteiger partial charge is 0.233 e. The minimum atomic E-state index is -3.39. The summed E-state index contributed by atoms with van der Waals surface area (Å²) in [5.74, 6) is 0. The van der Waals surface area contributed by atoms with Gasteiger partial charge in [0, 0.05) is 5.66 Å². The van der Waals surface area contributed by atoms with Crippen LogP contribution >= 0.6 is 7.37 Å². The lowest BCUT2D eigenvalue weighted by Gasteiger charge is -2.27. The first-order valence-electron chi connectivity index (χ1n) is 3.24. The van der Waals surface area contributed by atoms with E-state index in [9.17, 15) is 14.6 Å². The normalized spacial score (nSPS) is 19.1. The third kappa shape index (κ3) is 1.82. The molecule has 2 N–H and O–H groups in total. The first-order valence-corrected chi connectivity index (χ1v) is 4.97. The monoisotopic (exact) mass is 166 g/mol. The molecule has 0 aliphatic heterocycles. The zero-order valence-electron chi connectivity index (χ0n) is 6.83. The van der Waals surface area contributed by atoms with Gasteiger partial charge in [0.1, 0.15) is 5.34 Å². The van der Waals surface area contributed by atoms with Gasteiger partial charge in [-0.1, -0.05) is 13.8 Å². The van der Waals surface area contributed by atoms with E-state index in [1.165, 1.54) is 13.8 Å². The Morgan fingerprint density at radius 1 is 1.40 bits per heavy atom. The molecule has 0 aromatic heterocycles. The SMILES string of the molecule is CC(C)P(=O)(O)C(C)(C)O. The maximum atomic E-state index is 11.2. The Labute approximate surface area is 61.5 Å². The predicted octanol–water partition coefficient (Wildman–Crippen LogP) is 1.39. The molecular weight excluding hydrogens is 151 g/mol. The highest BCUT2D eigenvalue weighted by atomic mass is 31.2. The Balaban J connectivity index is 4.59. The van der Waals surface area contributed by atoms with E-state index >= 15 is 0 Å². The second-order valence-corrected chi connectivity index (χ2v) is 6.58. The first-order chi connectivity index (χ1) is 4.19. The molecule has 0 aliphatic rings. The maximum Gasteiger partial charge on any atom is 0.233 e. The summed E-state index contributed by atoms with van der Waals surface area (Å²) in [5, 5.41) is 7.73. The van der Waals surface area contributed by atoms with Crippen LogP contribution in [0.4, 0.5) is 0 Å². The van der Waals surface area contributed by atoms with Gasteiger partial charge < -0.3 is 10.00 Å². The summed E-state index contributed by atoms with van der Waals surface area (Å²) in [4.78, 5) is 9.23. The second kappa shape index (κ2) is 2.65. The van der Waals surface area contributed by atoms with Crippen LogP contribution in [0.2, 0.25) is 0 Å². The number of rotatable bonds is 2. The van der Waals surface area contributed by atoms with Gasteiger partial charge in [0.2, 0.25) is 7.37 Å². The fourth-order valence-corrected chi connectivity index (χ4v) is 1.90. The molecule has 4 heteroatoms. The summed E-state index contributed by atoms with van der Waals surface area (Å²) in [5.41, 5.74) is -0.382. The standard InChI is InChI=1S/C6H15O3P/c1-5(2)10(8,9)6(3,4)7/h5,7H,1-4H3,(H,8,9). The van der Waals surface area contributed by atoms with E-state index in [1.807, 2.05) is 0 Å². The van der Waals surface area contributed by atoms with Gasteiger partial charge in [0.05, 0.1) is 0 Å². The van der Waals surface area contributed by atoms with E-state index in [0.29, 0.717) is 0 Å². The first kappa shape index (κ1) is 10.2. The molecule has 0 aliphatic carbocycles. The Bertz CT molecular complexity index is 157. The Morgan fingerprint density at radius 3 is 1.70 bits per heavy atom. The lowest BCUT2D eigenvalue weighted by Crippen LogP contribution is -2.23. The quantitative estimate of drug-likeness (QED) is 0.609. The van der Waals surface area contributed by atoms with E-state index in [-0.39, 0.29) is 5.66 Å². The molecule has 0 aromatic rings. The minimum absolute atomic E-state index is 0.382. The number of aliphatic hydroxyl groups is 1. The average molecular weight is 166 g/mol. The zero-order chi connectivity index (χ0) is 8.58. The summed E-state index contributed by atoms with van der Waals surface area (Å²) in [6, 6.07) is 0. The van der Waals surface area contributed by atoms with Crippen molar-refractivity contribution in [2.75, 3.05) is 0 Å². The molecule has 0 heterocycles. The van der Waals surface area contributed by atoms with Crippen molar-refractivity contribution in [3.05, 3.63) is 0 Å². The Morgan fingerprint density at radius 2 is 1.70 bits per heavy atom. The molecule has 0 bridgehead atoms. The largest absolute Gasteiger partial charge is 0.380 e. The number of hydrogen-bond acceptors (Lipinski definition) is 2. The van der Waals surface area contributed by atoms with Crippen molar-refractivity contribution in [1.82, 2.24) is 0 Å². The Kier molecular flexibility index (Phi) is 2.69. The predicted molar refractivity (Wildman–Crippen MR) is 41.3 cm³/mol. The molecule has 0 saturated carbocycles. The third-order valence-corrected chi connectivity index (χ3v) is 4.45. The summed E-state index contributed by atoms with van der Waals surface area (Å²) >= 11 is 0. The fourth-order valence-electron chi connectivity index (χ4n) is 0.632. The lowest BCUT2D eigenvalue weighted by atomic mass is 10.5. The van der Waals surface area contributed by atoms with Crippen molar-refractivity contribution in [3.63, 3.8) is 0 Å². The molecule has 1 unspecified atom stereocenters. The van der Waals surface area contributed by atoms with Crippen LogP contribution in [0.1, 0.15) is 27.7 Å². The van der Waals surface area contributed by atoms with Crippen molar-refractivity contribution in [3.8, 4) is 0 Å². The van der Waals surface area contributed by atoms with Crippen LogP contribution in [0.15, 0.2) is 0 Å². The summed E-state index contributed by atoms with van der Waals surface area (Å²) in [6.07, 6.45) is 0. The van der Waals surface area contributed by atoms with Gasteiger partial charge in [-0.2, -0.15) is 0 Å². The van der Waals surface area contributed by atoms with Gasteiger partial charge in [-0.05, 0) is 13.8 Å². The average Bonchev–Trinajstić information content (AvgIpc) is 1.62. The van der Waals surface area contributed by atoms with E-state index in [4.69, 9.17) is 0 Å². The molecule has 0 radical (unpaired) electrons. The highest BCUT2D eigenvalue weighted by molar-refractivity contribution is 7.60. The molecule has 10 heavy (non-hydrogen) atoms. The van der Waals surface area contributed by atoms with Crippen LogP contribution in [0.25, 0.3) is 0 Å². The highest BCUT2D eigenvalue weighted by Gasteiger charge is 2.39. The van der Waals surface area contributed by atoms with Crippen LogP contribution in [0.5, 0.6) is 0 Å². The van der Waals surface area contributed by atoms with Crippen LogP contribution in [-0.2, 0) is 4.57 Å². The lowest BCUT2D eigenvalue weighted by molar-refractivity contribution is 0.146. The fraction of sp³-hybridized carbons (Fsp3) is 1.00. The molecule has 3 nitrogen and oxygen atoms in total. The molecule has 0 aromatic carbocycles. The zero-order valence-corrected chi connectivity index (χ0v) is 7.72. The van der Waals surface area contributed by atoms with E-state index in [2.05, 4.69) is 0 Å². The molecule has 0 saturated heterocycles. The van der Waals surface area contributed by atoms with Crippen molar-refractivity contribution in [2.45, 2.75) is 38.7 Å². The van der Waals surface area contributed by atoms with E-state index in [1.54, 1.807) is 13.8 Å². The summed E-state index contributed by atoms with van der Waals surface area (Å²) in [6.45, 7) is 5.96. The van der Waals surface area contributed by atoms with Crippen LogP contribution in [0.3, 0.4) is 0 Å². The molecule has 0 amide bonds. The number of hydrogen-bond donors (Lipinski definition) is 2. The molecule has 1 atom stereocenters. The van der Waals surface area contributed by atoms with Gasteiger partial charge in [-0.15, -0.1) is 0 Å². The highest BCUT2D eigenvalue weighted by Crippen LogP contribution is 2.56. The van der Waals surface area contributed by atoms with Crippen molar-refractivity contribution >= 4 is 7.37 Å². The van der Waals surface area contributed by atoms with Gasteiger partial charge in [0.15, 0.2) is 0 Å². The van der Waals surface area contributed by atoms with Crippen molar-refractivity contribution in [1.29, 1.82) is 0 Å². The van der Waals surface area contributed by atoms with Gasteiger partial charge in [0.25, 0.3) is 0 Å². The van der Waals surface area contributed by atoms with Crippen LogP contribution < -0.4 is 0 Å². The summed E-state index contributed by atoms with van der Waals surface area (Å²) in [7, 11) is -3.39. The van der Waals surface area contributed by atoms with Gasteiger partial charge >= 0.3 is 0 Å². The molecule has 0 fully saturated rings.